The van der Waals surface area contributed by atoms with Gasteiger partial charge in [0.2, 0.25) is 5.43 Å². The lowest BCUT2D eigenvalue weighted by Gasteiger charge is -2.24. The Morgan fingerprint density at radius 2 is 2.09 bits per heavy atom. The second-order valence-electron chi connectivity index (χ2n) is 5.68. The molecule has 1 aromatic heterocycles. The molecular formula is C16H17IN2O3. The molecule has 0 bridgehead atoms. The molecule has 1 aliphatic rings. The molecule has 0 spiro atoms. The Labute approximate surface area is 141 Å². The van der Waals surface area contributed by atoms with Crippen LogP contribution in [0.25, 0.3) is 10.9 Å². The highest BCUT2D eigenvalue weighted by Gasteiger charge is 2.18. The van der Waals surface area contributed by atoms with E-state index in [1.165, 1.54) is 6.20 Å². The van der Waals surface area contributed by atoms with Crippen LogP contribution in [0, 0.1) is 9.49 Å². The third kappa shape index (κ3) is 3.03. The lowest BCUT2D eigenvalue weighted by molar-refractivity contribution is 0.0694. The summed E-state index contributed by atoms with van der Waals surface area (Å²) >= 11 is 2.21. The first-order chi connectivity index (χ1) is 10.6. The molecule has 2 heterocycles. The Bertz CT molecular complexity index is 779. The zero-order chi connectivity index (χ0) is 15.7. The van der Waals surface area contributed by atoms with Crippen LogP contribution in [0.1, 0.15) is 23.2 Å². The van der Waals surface area contributed by atoms with Gasteiger partial charge in [0, 0.05) is 21.7 Å². The van der Waals surface area contributed by atoms with Crippen LogP contribution in [-0.2, 0) is 6.54 Å². The highest BCUT2D eigenvalue weighted by molar-refractivity contribution is 14.1. The SMILES string of the molecule is O=C(O)c1cn(CC2CCNCC2)c2cc(I)ccc2c1=O. The average molecular weight is 412 g/mol. The smallest absolute Gasteiger partial charge is 0.341 e. The average Bonchev–Trinajstić information content (AvgIpc) is 2.50. The largest absolute Gasteiger partial charge is 0.477 e. The van der Waals surface area contributed by atoms with Crippen LogP contribution in [0.5, 0.6) is 0 Å². The molecule has 6 heteroatoms. The number of hydrogen-bond donors (Lipinski definition) is 2. The topological polar surface area (TPSA) is 71.3 Å². The minimum Gasteiger partial charge on any atom is -0.477 e. The van der Waals surface area contributed by atoms with E-state index in [0.29, 0.717) is 11.3 Å². The number of fused-ring (bicyclic) bond motifs is 1. The predicted octanol–water partition coefficient (Wildman–Crippen LogP) is 2.30. The normalized spacial score (nSPS) is 16.0. The Kier molecular flexibility index (Phi) is 4.49. The van der Waals surface area contributed by atoms with Gasteiger partial charge < -0.3 is 15.0 Å². The number of aromatic carboxylic acids is 1. The van der Waals surface area contributed by atoms with Gasteiger partial charge in [0.25, 0.3) is 0 Å². The number of aromatic nitrogens is 1. The van der Waals surface area contributed by atoms with Crippen molar-refractivity contribution in [3.05, 3.63) is 43.8 Å². The van der Waals surface area contributed by atoms with Gasteiger partial charge in [-0.05, 0) is 72.6 Å². The third-order valence-corrected chi connectivity index (χ3v) is 4.86. The van der Waals surface area contributed by atoms with Crippen molar-refractivity contribution in [2.45, 2.75) is 19.4 Å². The van der Waals surface area contributed by atoms with Crippen LogP contribution in [0.4, 0.5) is 0 Å². The summed E-state index contributed by atoms with van der Waals surface area (Å²) in [7, 11) is 0. The van der Waals surface area contributed by atoms with Crippen LogP contribution in [0.2, 0.25) is 0 Å². The van der Waals surface area contributed by atoms with E-state index in [9.17, 15) is 14.7 Å². The summed E-state index contributed by atoms with van der Waals surface area (Å²) in [5.74, 6) is -0.657. The van der Waals surface area contributed by atoms with E-state index >= 15 is 0 Å². The van der Waals surface area contributed by atoms with Crippen LogP contribution in [-0.4, -0.2) is 28.7 Å². The quantitative estimate of drug-likeness (QED) is 0.760. The second-order valence-corrected chi connectivity index (χ2v) is 6.93. The Morgan fingerprint density at radius 1 is 1.36 bits per heavy atom. The molecular weight excluding hydrogens is 395 g/mol. The summed E-state index contributed by atoms with van der Waals surface area (Å²) in [5, 5.41) is 13.1. The van der Waals surface area contributed by atoms with Gasteiger partial charge >= 0.3 is 5.97 Å². The van der Waals surface area contributed by atoms with Crippen molar-refractivity contribution < 1.29 is 9.90 Å². The van der Waals surface area contributed by atoms with E-state index in [0.717, 1.165) is 41.6 Å². The van der Waals surface area contributed by atoms with Gasteiger partial charge in [-0.3, -0.25) is 4.79 Å². The van der Waals surface area contributed by atoms with Crippen molar-refractivity contribution >= 4 is 39.5 Å². The second kappa shape index (κ2) is 6.37. The van der Waals surface area contributed by atoms with Gasteiger partial charge in [-0.2, -0.15) is 0 Å². The molecule has 0 atom stereocenters. The first-order valence-corrected chi connectivity index (χ1v) is 8.41. The summed E-state index contributed by atoms with van der Waals surface area (Å²) in [6, 6.07) is 5.51. The highest BCUT2D eigenvalue weighted by Crippen LogP contribution is 2.20. The first kappa shape index (κ1) is 15.5. The Morgan fingerprint density at radius 3 is 2.77 bits per heavy atom. The number of nitrogens with zero attached hydrogens (tertiary/aromatic N) is 1. The molecule has 2 N–H and O–H groups in total. The number of piperidine rings is 1. The summed E-state index contributed by atoms with van der Waals surface area (Å²) in [6.07, 6.45) is 3.64. The molecule has 1 aromatic carbocycles. The molecule has 1 aliphatic heterocycles. The van der Waals surface area contributed by atoms with Crippen LogP contribution < -0.4 is 10.7 Å². The molecule has 116 valence electrons. The first-order valence-electron chi connectivity index (χ1n) is 7.33. The maximum absolute atomic E-state index is 12.3. The van der Waals surface area contributed by atoms with Gasteiger partial charge in [-0.15, -0.1) is 0 Å². The molecule has 0 aliphatic carbocycles. The van der Waals surface area contributed by atoms with E-state index in [2.05, 4.69) is 27.9 Å². The summed E-state index contributed by atoms with van der Waals surface area (Å²) < 4.78 is 2.98. The molecule has 0 amide bonds. The zero-order valence-electron chi connectivity index (χ0n) is 12.0. The Balaban J connectivity index is 2.13. The van der Waals surface area contributed by atoms with Gasteiger partial charge in [0.1, 0.15) is 5.56 Å². The number of carboxylic acid groups (broad SMARTS) is 1. The molecule has 22 heavy (non-hydrogen) atoms. The Hall–Kier alpha value is -1.41. The number of rotatable bonds is 3. The van der Waals surface area contributed by atoms with E-state index in [-0.39, 0.29) is 5.56 Å². The van der Waals surface area contributed by atoms with Crippen LogP contribution in [0.15, 0.2) is 29.2 Å². The fourth-order valence-corrected chi connectivity index (χ4v) is 3.48. The zero-order valence-corrected chi connectivity index (χ0v) is 14.2. The summed E-state index contributed by atoms with van der Waals surface area (Å²) in [5.41, 5.74) is 0.267. The monoisotopic (exact) mass is 412 g/mol. The number of carboxylic acids is 1. The third-order valence-electron chi connectivity index (χ3n) is 4.19. The lowest BCUT2D eigenvalue weighted by atomic mass is 9.97. The molecule has 0 unspecified atom stereocenters. The molecule has 0 saturated carbocycles. The highest BCUT2D eigenvalue weighted by atomic mass is 127. The molecule has 2 aromatic rings. The van der Waals surface area contributed by atoms with Crippen LogP contribution in [0.3, 0.4) is 0 Å². The van der Waals surface area contributed by atoms with E-state index in [4.69, 9.17) is 0 Å². The maximum Gasteiger partial charge on any atom is 0.341 e. The molecule has 0 radical (unpaired) electrons. The van der Waals surface area contributed by atoms with Crippen molar-refractivity contribution in [3.8, 4) is 0 Å². The molecule has 3 rings (SSSR count). The van der Waals surface area contributed by atoms with Crippen molar-refractivity contribution in [1.82, 2.24) is 9.88 Å². The number of benzene rings is 1. The number of nitrogens with one attached hydrogen (secondary N) is 1. The van der Waals surface area contributed by atoms with Gasteiger partial charge in [0.05, 0.1) is 5.52 Å². The van der Waals surface area contributed by atoms with Crippen molar-refractivity contribution in [2.75, 3.05) is 13.1 Å². The fourth-order valence-electron chi connectivity index (χ4n) is 3.01. The molecule has 1 fully saturated rings. The van der Waals surface area contributed by atoms with E-state index in [1.807, 2.05) is 16.7 Å². The van der Waals surface area contributed by atoms with Crippen LogP contribution >= 0.6 is 22.6 Å². The minimum absolute atomic E-state index is 0.150. The number of halogens is 1. The van der Waals surface area contributed by atoms with Gasteiger partial charge in [0.15, 0.2) is 0 Å². The minimum atomic E-state index is -1.16. The molecule has 1 saturated heterocycles. The van der Waals surface area contributed by atoms with E-state index < -0.39 is 11.4 Å². The number of carbonyl (C=O) groups is 1. The van der Waals surface area contributed by atoms with Gasteiger partial charge in [-0.1, -0.05) is 0 Å². The van der Waals surface area contributed by atoms with Gasteiger partial charge in [-0.25, -0.2) is 4.79 Å². The number of hydrogen-bond acceptors (Lipinski definition) is 3. The fraction of sp³-hybridized carbons (Fsp3) is 0.375. The lowest BCUT2D eigenvalue weighted by Crippen LogP contribution is -2.30. The maximum atomic E-state index is 12.3. The van der Waals surface area contributed by atoms with E-state index in [1.54, 1.807) is 6.07 Å². The summed E-state index contributed by atoms with van der Waals surface area (Å²) in [4.78, 5) is 23.7. The summed E-state index contributed by atoms with van der Waals surface area (Å²) in [6.45, 7) is 2.73. The molecule has 5 nitrogen and oxygen atoms in total. The predicted molar refractivity (Wildman–Crippen MR) is 93.5 cm³/mol. The van der Waals surface area contributed by atoms with Crippen molar-refractivity contribution in [2.24, 2.45) is 5.92 Å². The standard InChI is InChI=1S/C16H17IN2O3/c17-11-1-2-12-14(7-11)19(8-10-3-5-18-6-4-10)9-13(15(12)20)16(21)22/h1-2,7,9-10,18H,3-6,8H2,(H,21,22). The van der Waals surface area contributed by atoms with Crippen molar-refractivity contribution in [3.63, 3.8) is 0 Å². The van der Waals surface area contributed by atoms with Crippen molar-refractivity contribution in [1.29, 1.82) is 0 Å². The number of pyridine rings is 1.